The number of carbonyl (C=O) groups is 1. The third-order valence-corrected chi connectivity index (χ3v) is 5.68. The van der Waals surface area contributed by atoms with E-state index in [0.717, 1.165) is 37.0 Å². The summed E-state index contributed by atoms with van der Waals surface area (Å²) in [6.45, 7) is 2.11. The van der Waals surface area contributed by atoms with E-state index in [9.17, 15) is 14.3 Å². The fourth-order valence-corrected chi connectivity index (χ4v) is 4.09. The van der Waals surface area contributed by atoms with E-state index in [4.69, 9.17) is 14.0 Å². The van der Waals surface area contributed by atoms with Gasteiger partial charge < -0.3 is 24.0 Å². The van der Waals surface area contributed by atoms with E-state index < -0.39 is 6.10 Å². The van der Waals surface area contributed by atoms with Crippen molar-refractivity contribution < 1.29 is 28.3 Å². The first kappa shape index (κ1) is 21.3. The number of fused-ring (bicyclic) bond motifs is 1. The summed E-state index contributed by atoms with van der Waals surface area (Å²) in [5, 5.41) is 15.5. The molecule has 0 amide bonds. The number of aliphatic hydroxyl groups is 1. The molecule has 31 heavy (non-hydrogen) atoms. The SMILES string of the molecule is COc1cccc(C=O)c1OCC(O)CN1CCC(c2noc3cc(F)ccc23)CC1. The number of methoxy groups -OCH3 is 1. The summed E-state index contributed by atoms with van der Waals surface area (Å²) in [4.78, 5) is 13.4. The van der Waals surface area contributed by atoms with E-state index in [1.165, 1.54) is 19.2 Å². The van der Waals surface area contributed by atoms with E-state index in [-0.39, 0.29) is 18.3 Å². The summed E-state index contributed by atoms with van der Waals surface area (Å²) in [5.74, 6) is 0.694. The molecular formula is C23H25FN2O5. The van der Waals surface area contributed by atoms with Crippen LogP contribution in [0, 0.1) is 5.82 Å². The number of carbonyl (C=O) groups excluding carboxylic acids is 1. The Morgan fingerprint density at radius 2 is 2.13 bits per heavy atom. The summed E-state index contributed by atoms with van der Waals surface area (Å²) in [6, 6.07) is 9.56. The molecule has 0 bridgehead atoms. The van der Waals surface area contributed by atoms with Gasteiger partial charge in [-0.3, -0.25) is 4.79 Å². The van der Waals surface area contributed by atoms with Gasteiger partial charge in [-0.15, -0.1) is 0 Å². The van der Waals surface area contributed by atoms with Crippen LogP contribution < -0.4 is 9.47 Å². The Morgan fingerprint density at radius 1 is 1.32 bits per heavy atom. The van der Waals surface area contributed by atoms with Crippen LogP contribution in [0.15, 0.2) is 40.9 Å². The number of nitrogens with zero attached hydrogens (tertiary/aromatic N) is 2. The van der Waals surface area contributed by atoms with Crippen molar-refractivity contribution >= 4 is 17.3 Å². The Balaban J connectivity index is 1.30. The largest absolute Gasteiger partial charge is 0.493 e. The van der Waals surface area contributed by atoms with Gasteiger partial charge >= 0.3 is 0 Å². The number of hydrogen-bond donors (Lipinski definition) is 1. The minimum atomic E-state index is -0.711. The zero-order valence-electron chi connectivity index (χ0n) is 17.3. The summed E-state index contributed by atoms with van der Waals surface area (Å²) in [5.41, 5.74) is 1.72. The highest BCUT2D eigenvalue weighted by atomic mass is 19.1. The Labute approximate surface area is 179 Å². The fraction of sp³-hybridized carbons (Fsp3) is 0.391. The molecule has 2 aromatic carbocycles. The lowest BCUT2D eigenvalue weighted by molar-refractivity contribution is 0.0580. The second kappa shape index (κ2) is 9.45. The third kappa shape index (κ3) is 4.70. The van der Waals surface area contributed by atoms with Crippen molar-refractivity contribution in [1.82, 2.24) is 10.1 Å². The summed E-state index contributed by atoms with van der Waals surface area (Å²) in [6.07, 6.45) is 1.73. The van der Waals surface area contributed by atoms with Gasteiger partial charge in [0.15, 0.2) is 23.4 Å². The number of aliphatic hydroxyl groups excluding tert-OH is 1. The molecule has 7 nitrogen and oxygen atoms in total. The number of likely N-dealkylation sites (tertiary alicyclic amines) is 1. The van der Waals surface area contributed by atoms with Gasteiger partial charge in [-0.1, -0.05) is 11.2 Å². The lowest BCUT2D eigenvalue weighted by Gasteiger charge is -2.32. The minimum absolute atomic E-state index is 0.0562. The molecule has 0 aliphatic carbocycles. The molecule has 2 heterocycles. The molecular weight excluding hydrogens is 403 g/mol. The average molecular weight is 428 g/mol. The number of β-amino-alcohol motifs (C(OH)–C–C–N with tert-alkyl or cyclic N) is 1. The first-order valence-corrected chi connectivity index (χ1v) is 10.3. The van der Waals surface area contributed by atoms with Gasteiger partial charge in [-0.05, 0) is 50.2 Å². The Hall–Kier alpha value is -2.97. The van der Waals surface area contributed by atoms with Gasteiger partial charge in [0.05, 0.1) is 18.4 Å². The van der Waals surface area contributed by atoms with E-state index in [1.807, 2.05) is 0 Å². The quantitative estimate of drug-likeness (QED) is 0.551. The van der Waals surface area contributed by atoms with Crippen LogP contribution in [0.25, 0.3) is 11.0 Å². The smallest absolute Gasteiger partial charge is 0.171 e. The van der Waals surface area contributed by atoms with Crippen molar-refractivity contribution in [2.24, 2.45) is 0 Å². The molecule has 164 valence electrons. The predicted molar refractivity (Wildman–Crippen MR) is 112 cm³/mol. The van der Waals surface area contributed by atoms with E-state index in [0.29, 0.717) is 35.5 Å². The van der Waals surface area contributed by atoms with Crippen molar-refractivity contribution in [1.29, 1.82) is 0 Å². The molecule has 0 spiro atoms. The molecule has 0 radical (unpaired) electrons. The first-order chi connectivity index (χ1) is 15.1. The van der Waals surface area contributed by atoms with Crippen molar-refractivity contribution in [3.63, 3.8) is 0 Å². The van der Waals surface area contributed by atoms with Gasteiger partial charge in [0.25, 0.3) is 0 Å². The van der Waals surface area contributed by atoms with Crippen LogP contribution in [0.1, 0.15) is 34.8 Å². The number of aromatic nitrogens is 1. The zero-order chi connectivity index (χ0) is 21.8. The average Bonchev–Trinajstić information content (AvgIpc) is 3.20. The molecule has 1 aliphatic rings. The Bertz CT molecular complexity index is 1050. The Morgan fingerprint density at radius 3 is 2.87 bits per heavy atom. The number of benzene rings is 2. The van der Waals surface area contributed by atoms with Gasteiger partial charge in [-0.2, -0.15) is 0 Å². The van der Waals surface area contributed by atoms with Crippen LogP contribution in [0.2, 0.25) is 0 Å². The van der Waals surface area contributed by atoms with E-state index in [1.54, 1.807) is 24.3 Å². The monoisotopic (exact) mass is 428 g/mol. The maximum absolute atomic E-state index is 13.4. The first-order valence-electron chi connectivity index (χ1n) is 10.3. The van der Waals surface area contributed by atoms with Gasteiger partial charge in [0, 0.05) is 23.9 Å². The second-order valence-corrected chi connectivity index (χ2v) is 7.74. The van der Waals surface area contributed by atoms with Crippen molar-refractivity contribution in [2.75, 3.05) is 33.4 Å². The predicted octanol–water partition coefficient (Wildman–Crippen LogP) is 3.41. The third-order valence-electron chi connectivity index (χ3n) is 5.68. The topological polar surface area (TPSA) is 85.0 Å². The number of rotatable bonds is 8. The van der Waals surface area contributed by atoms with Crippen LogP contribution in [-0.4, -0.2) is 60.9 Å². The standard InChI is InChI=1S/C23H25FN2O5/c1-29-20-4-2-3-16(13-27)23(20)30-14-18(28)12-26-9-7-15(8-10-26)22-19-6-5-17(24)11-21(19)31-25-22/h2-6,11,13,15,18,28H,7-10,12,14H2,1H3. The number of hydrogen-bond acceptors (Lipinski definition) is 7. The molecule has 1 saturated heterocycles. The summed E-state index contributed by atoms with van der Waals surface area (Å²) < 4.78 is 29.6. The van der Waals surface area contributed by atoms with Gasteiger partial charge in [0.2, 0.25) is 0 Å². The van der Waals surface area contributed by atoms with Crippen molar-refractivity contribution in [3.8, 4) is 11.5 Å². The van der Waals surface area contributed by atoms with Crippen LogP contribution in [0.3, 0.4) is 0 Å². The molecule has 1 unspecified atom stereocenters. The van der Waals surface area contributed by atoms with Crippen LogP contribution in [-0.2, 0) is 0 Å². The van der Waals surface area contributed by atoms with Gasteiger partial charge in [-0.25, -0.2) is 4.39 Å². The highest BCUT2D eigenvalue weighted by Gasteiger charge is 2.26. The fourth-order valence-electron chi connectivity index (χ4n) is 4.09. The Kier molecular flexibility index (Phi) is 6.48. The van der Waals surface area contributed by atoms with Crippen LogP contribution in [0.5, 0.6) is 11.5 Å². The maximum Gasteiger partial charge on any atom is 0.171 e. The molecule has 8 heteroatoms. The number of para-hydroxylation sites is 1. The molecule has 1 fully saturated rings. The molecule has 3 aromatic rings. The zero-order valence-corrected chi connectivity index (χ0v) is 17.3. The van der Waals surface area contributed by atoms with Crippen LogP contribution >= 0.6 is 0 Å². The highest BCUT2D eigenvalue weighted by molar-refractivity contribution is 5.81. The highest BCUT2D eigenvalue weighted by Crippen LogP contribution is 2.33. The lowest BCUT2D eigenvalue weighted by atomic mass is 9.91. The maximum atomic E-state index is 13.4. The molecule has 1 aromatic heterocycles. The molecule has 1 N–H and O–H groups in total. The summed E-state index contributed by atoms with van der Waals surface area (Å²) in [7, 11) is 1.51. The normalized spacial score (nSPS) is 16.4. The van der Waals surface area contributed by atoms with E-state index >= 15 is 0 Å². The second-order valence-electron chi connectivity index (χ2n) is 7.74. The number of aldehydes is 1. The number of halogens is 1. The van der Waals surface area contributed by atoms with Crippen molar-refractivity contribution in [2.45, 2.75) is 24.9 Å². The number of piperidine rings is 1. The summed E-state index contributed by atoms with van der Waals surface area (Å²) >= 11 is 0. The van der Waals surface area contributed by atoms with Crippen LogP contribution in [0.4, 0.5) is 4.39 Å². The van der Waals surface area contributed by atoms with Crippen molar-refractivity contribution in [3.05, 3.63) is 53.5 Å². The lowest BCUT2D eigenvalue weighted by Crippen LogP contribution is -2.40. The molecule has 0 saturated carbocycles. The molecule has 1 aliphatic heterocycles. The van der Waals surface area contributed by atoms with E-state index in [2.05, 4.69) is 10.1 Å². The minimum Gasteiger partial charge on any atom is -0.493 e. The molecule has 1 atom stereocenters. The number of ether oxygens (including phenoxy) is 2. The van der Waals surface area contributed by atoms with Gasteiger partial charge in [0.1, 0.15) is 18.5 Å². The molecule has 4 rings (SSSR count).